The van der Waals surface area contributed by atoms with Gasteiger partial charge in [0.1, 0.15) is 0 Å². The highest BCUT2D eigenvalue weighted by molar-refractivity contribution is 6.30. The molecule has 1 rings (SSSR count). The summed E-state index contributed by atoms with van der Waals surface area (Å²) in [5, 5.41) is 0.668. The molecule has 0 radical (unpaired) electrons. The van der Waals surface area contributed by atoms with Crippen molar-refractivity contribution in [3.63, 3.8) is 0 Å². The zero-order valence-corrected chi connectivity index (χ0v) is 11.0. The Morgan fingerprint density at radius 1 is 1.31 bits per heavy atom. The quantitative estimate of drug-likeness (QED) is 0.805. The molecule has 1 unspecified atom stereocenters. The molecule has 88 valence electrons. The Labute approximate surface area is 102 Å². The van der Waals surface area contributed by atoms with Crippen LogP contribution in [-0.4, -0.2) is 24.8 Å². The fraction of sp³-hybridized carbons (Fsp3) is 0.462. The number of carbonyl (C=O) groups excluding carboxylic acids is 1. The molecule has 0 aliphatic rings. The molecule has 1 aromatic rings. The van der Waals surface area contributed by atoms with Gasteiger partial charge >= 0.3 is 0 Å². The second kappa shape index (κ2) is 5.46. The molecule has 1 atom stereocenters. The van der Waals surface area contributed by atoms with Crippen LogP contribution in [0.4, 0.5) is 0 Å². The summed E-state index contributed by atoms with van der Waals surface area (Å²) in [5.41, 5.74) is 0.955. The number of nitrogens with zero attached hydrogens (tertiary/aromatic N) is 1. The number of benzene rings is 1. The zero-order chi connectivity index (χ0) is 12.3. The highest BCUT2D eigenvalue weighted by Crippen LogP contribution is 2.24. The van der Waals surface area contributed by atoms with Crippen molar-refractivity contribution in [1.29, 1.82) is 0 Å². The number of hydrogen-bond donors (Lipinski definition) is 0. The predicted octanol–water partition coefficient (Wildman–Crippen LogP) is 3.17. The molecule has 2 nitrogen and oxygen atoms in total. The largest absolute Gasteiger partial charge is 0.297 e. The van der Waals surface area contributed by atoms with E-state index in [2.05, 4.69) is 0 Å². The monoisotopic (exact) mass is 239 g/mol. The van der Waals surface area contributed by atoms with E-state index in [1.54, 1.807) is 0 Å². The third-order valence-electron chi connectivity index (χ3n) is 2.52. The lowest BCUT2D eigenvalue weighted by Gasteiger charge is -2.25. The van der Waals surface area contributed by atoms with Gasteiger partial charge in [0.2, 0.25) is 0 Å². The van der Waals surface area contributed by atoms with Crippen LogP contribution in [0, 0.1) is 5.92 Å². The Bertz CT molecular complexity index is 374. The van der Waals surface area contributed by atoms with Crippen molar-refractivity contribution in [3.05, 3.63) is 34.9 Å². The second-order valence-electron chi connectivity index (χ2n) is 4.48. The summed E-state index contributed by atoms with van der Waals surface area (Å²) in [4.78, 5) is 14.0. The topological polar surface area (TPSA) is 20.3 Å². The molecule has 0 bridgehead atoms. The summed E-state index contributed by atoms with van der Waals surface area (Å²) in [7, 11) is 3.82. The Hall–Kier alpha value is -0.860. The number of rotatable bonds is 4. The van der Waals surface area contributed by atoms with Gasteiger partial charge in [-0.1, -0.05) is 37.6 Å². The summed E-state index contributed by atoms with van der Waals surface area (Å²) in [6.07, 6.45) is 0. The molecule has 0 fully saturated rings. The van der Waals surface area contributed by atoms with Gasteiger partial charge in [-0.2, -0.15) is 0 Å². The van der Waals surface area contributed by atoms with Gasteiger partial charge in [0.25, 0.3) is 0 Å². The SMILES string of the molecule is CC(C)C(=O)C(c1cccc(Cl)c1)N(C)C. The number of hydrogen-bond acceptors (Lipinski definition) is 2. The lowest BCUT2D eigenvalue weighted by molar-refractivity contribution is -0.126. The van der Waals surface area contributed by atoms with Crippen LogP contribution in [0.2, 0.25) is 5.02 Å². The maximum atomic E-state index is 12.1. The number of likely N-dealkylation sites (N-methyl/N-ethyl adjacent to an activating group) is 1. The minimum Gasteiger partial charge on any atom is -0.297 e. The van der Waals surface area contributed by atoms with E-state index >= 15 is 0 Å². The smallest absolute Gasteiger partial charge is 0.156 e. The molecule has 0 amide bonds. The Morgan fingerprint density at radius 2 is 1.94 bits per heavy atom. The second-order valence-corrected chi connectivity index (χ2v) is 4.91. The van der Waals surface area contributed by atoms with Gasteiger partial charge in [-0.15, -0.1) is 0 Å². The van der Waals surface area contributed by atoms with Crippen LogP contribution in [0.25, 0.3) is 0 Å². The van der Waals surface area contributed by atoms with Crippen LogP contribution >= 0.6 is 11.6 Å². The van der Waals surface area contributed by atoms with E-state index < -0.39 is 0 Å². The Balaban J connectivity index is 3.08. The summed E-state index contributed by atoms with van der Waals surface area (Å²) in [5.74, 6) is 0.235. The van der Waals surface area contributed by atoms with Gasteiger partial charge in [0.05, 0.1) is 6.04 Å². The van der Waals surface area contributed by atoms with Crippen molar-refractivity contribution in [1.82, 2.24) is 4.90 Å². The fourth-order valence-corrected chi connectivity index (χ4v) is 1.91. The number of carbonyl (C=O) groups is 1. The van der Waals surface area contributed by atoms with Crippen LogP contribution in [0.5, 0.6) is 0 Å². The first-order chi connectivity index (χ1) is 7.43. The molecular formula is C13H18ClNO. The third kappa shape index (κ3) is 3.06. The molecular weight excluding hydrogens is 222 g/mol. The highest BCUT2D eigenvalue weighted by Gasteiger charge is 2.24. The molecule has 0 spiro atoms. The Kier molecular flexibility index (Phi) is 4.51. The van der Waals surface area contributed by atoms with Crippen LogP contribution in [-0.2, 0) is 4.79 Å². The lowest BCUT2D eigenvalue weighted by atomic mass is 9.95. The van der Waals surface area contributed by atoms with Crippen molar-refractivity contribution in [2.75, 3.05) is 14.1 Å². The van der Waals surface area contributed by atoms with E-state index in [0.29, 0.717) is 5.02 Å². The summed E-state index contributed by atoms with van der Waals surface area (Å²) < 4.78 is 0. The molecule has 16 heavy (non-hydrogen) atoms. The predicted molar refractivity (Wildman–Crippen MR) is 67.7 cm³/mol. The van der Waals surface area contributed by atoms with Gasteiger partial charge in [-0.05, 0) is 31.8 Å². The molecule has 0 aliphatic carbocycles. The van der Waals surface area contributed by atoms with E-state index in [9.17, 15) is 4.79 Å². The van der Waals surface area contributed by atoms with Crippen molar-refractivity contribution in [3.8, 4) is 0 Å². The standard InChI is InChI=1S/C13H18ClNO/c1-9(2)13(16)12(15(3)4)10-6-5-7-11(14)8-10/h5-9,12H,1-4H3. The first kappa shape index (κ1) is 13.2. The van der Waals surface area contributed by atoms with Crippen molar-refractivity contribution in [2.45, 2.75) is 19.9 Å². The number of ketones is 1. The molecule has 0 N–H and O–H groups in total. The Morgan fingerprint density at radius 3 is 2.38 bits per heavy atom. The van der Waals surface area contributed by atoms with Gasteiger partial charge in [0, 0.05) is 10.9 Å². The van der Waals surface area contributed by atoms with E-state index in [1.165, 1.54) is 0 Å². The molecule has 1 aromatic carbocycles. The van der Waals surface area contributed by atoms with Crippen LogP contribution < -0.4 is 0 Å². The maximum Gasteiger partial charge on any atom is 0.156 e. The summed E-state index contributed by atoms with van der Waals surface area (Å²) >= 11 is 5.95. The zero-order valence-electron chi connectivity index (χ0n) is 10.2. The molecule has 0 saturated heterocycles. The number of Topliss-reactive ketones (excluding diaryl/α,β-unsaturated/α-hetero) is 1. The van der Waals surface area contributed by atoms with Gasteiger partial charge in [-0.25, -0.2) is 0 Å². The fourth-order valence-electron chi connectivity index (χ4n) is 1.71. The van der Waals surface area contributed by atoms with Crippen LogP contribution in [0.3, 0.4) is 0 Å². The van der Waals surface area contributed by atoms with E-state index in [4.69, 9.17) is 11.6 Å². The van der Waals surface area contributed by atoms with Crippen molar-refractivity contribution in [2.24, 2.45) is 5.92 Å². The van der Waals surface area contributed by atoms with E-state index in [1.807, 2.05) is 57.1 Å². The van der Waals surface area contributed by atoms with Gasteiger partial charge in [0.15, 0.2) is 5.78 Å². The van der Waals surface area contributed by atoms with Crippen molar-refractivity contribution < 1.29 is 4.79 Å². The van der Waals surface area contributed by atoms with Crippen molar-refractivity contribution >= 4 is 17.4 Å². The molecule has 3 heteroatoms. The summed E-state index contributed by atoms with van der Waals surface area (Å²) in [6, 6.07) is 7.28. The molecule has 0 aromatic heterocycles. The average molecular weight is 240 g/mol. The summed E-state index contributed by atoms with van der Waals surface area (Å²) in [6.45, 7) is 3.84. The normalized spacial score (nSPS) is 13.2. The molecule has 0 aliphatic heterocycles. The highest BCUT2D eigenvalue weighted by atomic mass is 35.5. The van der Waals surface area contributed by atoms with Gasteiger partial charge in [-0.3, -0.25) is 9.69 Å². The average Bonchev–Trinajstić information content (AvgIpc) is 2.17. The molecule has 0 heterocycles. The van der Waals surface area contributed by atoms with Gasteiger partial charge < -0.3 is 0 Å². The minimum atomic E-state index is -0.210. The third-order valence-corrected chi connectivity index (χ3v) is 2.75. The first-order valence-electron chi connectivity index (χ1n) is 5.39. The van der Waals surface area contributed by atoms with E-state index in [0.717, 1.165) is 5.56 Å². The first-order valence-corrected chi connectivity index (χ1v) is 5.77. The van der Waals surface area contributed by atoms with Crippen LogP contribution in [0.1, 0.15) is 25.5 Å². The maximum absolute atomic E-state index is 12.1. The lowest BCUT2D eigenvalue weighted by Crippen LogP contribution is -2.30. The van der Waals surface area contributed by atoms with Crippen LogP contribution in [0.15, 0.2) is 24.3 Å². The van der Waals surface area contributed by atoms with E-state index in [-0.39, 0.29) is 17.7 Å². The minimum absolute atomic E-state index is 0.0198. The molecule has 0 saturated carbocycles. The number of halogens is 1.